The number of anilines is 5. The second-order valence-corrected chi connectivity index (χ2v) is 14.1. The lowest BCUT2D eigenvalue weighted by Gasteiger charge is -2.33. The van der Waals surface area contributed by atoms with Gasteiger partial charge in [-0.05, 0) is 111 Å². The smallest absolute Gasteiger partial charge is 0.0560 e. The van der Waals surface area contributed by atoms with Gasteiger partial charge in [0.05, 0.1) is 6.04 Å². The van der Waals surface area contributed by atoms with Crippen molar-refractivity contribution < 1.29 is 0 Å². The van der Waals surface area contributed by atoms with Gasteiger partial charge < -0.3 is 9.80 Å². The molecule has 1 aliphatic carbocycles. The fourth-order valence-electron chi connectivity index (χ4n) is 7.90. The van der Waals surface area contributed by atoms with Crippen LogP contribution >= 0.6 is 0 Å². The third-order valence-corrected chi connectivity index (χ3v) is 10.6. The minimum Gasteiger partial charge on any atom is -0.334 e. The Hall–Kier alpha value is -7.16. The zero-order valence-corrected chi connectivity index (χ0v) is 33.2. The van der Waals surface area contributed by atoms with Crippen LogP contribution in [0.2, 0.25) is 0 Å². The van der Waals surface area contributed by atoms with Crippen LogP contribution < -0.4 is 9.80 Å². The van der Waals surface area contributed by atoms with Crippen LogP contribution in [0.25, 0.3) is 39.8 Å². The summed E-state index contributed by atoms with van der Waals surface area (Å²) in [5.74, 6) is 0. The molecule has 0 fully saturated rings. The summed E-state index contributed by atoms with van der Waals surface area (Å²) in [4.78, 5) is 4.72. The van der Waals surface area contributed by atoms with Crippen LogP contribution in [-0.4, -0.2) is 6.04 Å². The number of allylic oxidation sites excluding steroid dienone is 3. The van der Waals surface area contributed by atoms with Gasteiger partial charge in [-0.1, -0.05) is 190 Å². The molecule has 9 rings (SSSR count). The van der Waals surface area contributed by atoms with Crippen LogP contribution in [0.4, 0.5) is 28.4 Å². The van der Waals surface area contributed by atoms with Gasteiger partial charge in [0.25, 0.3) is 0 Å². The van der Waals surface area contributed by atoms with E-state index in [1.807, 2.05) is 13.8 Å². The largest absolute Gasteiger partial charge is 0.334 e. The Bertz CT molecular complexity index is 2560. The lowest BCUT2D eigenvalue weighted by molar-refractivity contribution is 0.782. The average molecular weight is 749 g/mol. The lowest BCUT2D eigenvalue weighted by Crippen LogP contribution is -2.30. The average Bonchev–Trinajstić information content (AvgIpc) is 3.31. The van der Waals surface area contributed by atoms with E-state index < -0.39 is 0 Å². The topological polar surface area (TPSA) is 6.48 Å². The highest BCUT2D eigenvalue weighted by atomic mass is 15.2. The predicted molar refractivity (Wildman–Crippen MR) is 253 cm³/mol. The van der Waals surface area contributed by atoms with E-state index in [0.29, 0.717) is 0 Å². The van der Waals surface area contributed by atoms with Crippen LogP contribution in [0.15, 0.2) is 224 Å². The van der Waals surface area contributed by atoms with Gasteiger partial charge >= 0.3 is 0 Å². The van der Waals surface area contributed by atoms with E-state index in [1.165, 1.54) is 49.6 Å². The molecule has 1 atom stereocenters. The number of hydrogen-bond acceptors (Lipinski definition) is 2. The van der Waals surface area contributed by atoms with Gasteiger partial charge in [0.1, 0.15) is 0 Å². The van der Waals surface area contributed by atoms with Gasteiger partial charge in [-0.25, -0.2) is 0 Å². The molecule has 8 aromatic rings. The van der Waals surface area contributed by atoms with Gasteiger partial charge in [0.2, 0.25) is 0 Å². The Morgan fingerprint density at radius 3 is 1.19 bits per heavy atom. The summed E-state index contributed by atoms with van der Waals surface area (Å²) in [5, 5.41) is 4.98. The molecule has 0 heterocycles. The van der Waals surface area contributed by atoms with E-state index in [-0.39, 0.29) is 6.04 Å². The second-order valence-electron chi connectivity index (χ2n) is 14.1. The van der Waals surface area contributed by atoms with E-state index in [1.54, 1.807) is 0 Å². The molecule has 8 aromatic carbocycles. The number of hydrogen-bond donors (Lipinski definition) is 0. The van der Waals surface area contributed by atoms with Crippen molar-refractivity contribution in [2.24, 2.45) is 0 Å². The van der Waals surface area contributed by atoms with E-state index in [0.717, 1.165) is 29.0 Å². The first-order chi connectivity index (χ1) is 28.8. The van der Waals surface area contributed by atoms with E-state index in [9.17, 15) is 0 Å². The molecule has 0 spiro atoms. The molecular weight excluding hydrogens is 701 g/mol. The van der Waals surface area contributed by atoms with Crippen molar-refractivity contribution in [1.29, 1.82) is 0 Å². The van der Waals surface area contributed by atoms with Gasteiger partial charge in [-0.3, -0.25) is 0 Å². The van der Waals surface area contributed by atoms with Crippen molar-refractivity contribution in [2.75, 3.05) is 9.80 Å². The second kappa shape index (κ2) is 18.2. The summed E-state index contributed by atoms with van der Waals surface area (Å²) in [5.41, 5.74) is 10.6. The summed E-state index contributed by atoms with van der Waals surface area (Å²) in [7, 11) is 0. The van der Waals surface area contributed by atoms with Crippen LogP contribution in [0, 0.1) is 0 Å². The molecule has 0 amide bonds. The van der Waals surface area contributed by atoms with Crippen molar-refractivity contribution in [3.63, 3.8) is 0 Å². The quantitative estimate of drug-likeness (QED) is 0.101. The third kappa shape index (κ3) is 8.19. The highest BCUT2D eigenvalue weighted by Crippen LogP contribution is 2.37. The molecule has 58 heavy (non-hydrogen) atoms. The van der Waals surface area contributed by atoms with Crippen molar-refractivity contribution in [3.8, 4) is 0 Å². The molecule has 0 aromatic heterocycles. The minimum atomic E-state index is 0.229. The molecule has 0 radical (unpaired) electrons. The first-order valence-corrected chi connectivity index (χ1v) is 20.4. The third-order valence-electron chi connectivity index (χ3n) is 10.6. The number of rotatable bonds is 10. The van der Waals surface area contributed by atoms with E-state index >= 15 is 0 Å². The maximum absolute atomic E-state index is 2.43. The van der Waals surface area contributed by atoms with Crippen molar-refractivity contribution >= 4 is 68.2 Å². The Morgan fingerprint density at radius 2 is 0.776 bits per heavy atom. The summed E-state index contributed by atoms with van der Waals surface area (Å²) < 4.78 is 0. The van der Waals surface area contributed by atoms with Crippen LogP contribution in [-0.2, 0) is 0 Å². The molecule has 1 aliphatic rings. The number of para-hydroxylation sites is 4. The monoisotopic (exact) mass is 748 g/mol. The fraction of sp³-hybridized carbons (Fsp3) is 0.0714. The standard InChI is InChI=1S/C54H42N2.C2H6/c1-5-17-43(18-6-1)55(44-19-7-2-8-20-44)47-35-29-41(30-36-47)33-39-53-49-25-13-15-27-51(49)54(52-28-16-14-26-50(52)53)40-34-42-31-37-48(38-32-42)56(45-21-9-3-10-22-45)46-23-11-4-12-24-46;1-2/h1-37,39-40,48H,38H2;1-2H3/b39-33+,40-34+;. The zero-order chi connectivity index (χ0) is 39.5. The summed E-state index contributed by atoms with van der Waals surface area (Å²) in [6, 6.07) is 69.1. The summed E-state index contributed by atoms with van der Waals surface area (Å²) in [6.45, 7) is 4.00. The van der Waals surface area contributed by atoms with E-state index in [2.05, 4.69) is 246 Å². The van der Waals surface area contributed by atoms with Gasteiger partial charge in [-0.2, -0.15) is 0 Å². The number of fused-ring (bicyclic) bond motifs is 2. The first-order valence-electron chi connectivity index (χ1n) is 20.4. The zero-order valence-electron chi connectivity index (χ0n) is 33.2. The molecule has 2 nitrogen and oxygen atoms in total. The molecule has 0 aliphatic heterocycles. The highest BCUT2D eigenvalue weighted by Gasteiger charge is 2.20. The van der Waals surface area contributed by atoms with Crippen molar-refractivity contribution in [1.82, 2.24) is 0 Å². The molecule has 0 saturated carbocycles. The predicted octanol–water partition coefficient (Wildman–Crippen LogP) is 15.8. The normalized spacial score (nSPS) is 13.7. The SMILES string of the molecule is C1=CC(N(c2ccccc2)c2ccccc2)CC=C1/C=C/c1c2ccccc2c(/C=C/c2ccc(N(c3ccccc3)c3ccccc3)cc2)c2ccccc12.CC. The van der Waals surface area contributed by atoms with Gasteiger partial charge in [0.15, 0.2) is 0 Å². The lowest BCUT2D eigenvalue weighted by atomic mass is 9.90. The molecule has 2 heteroatoms. The van der Waals surface area contributed by atoms with Crippen LogP contribution in [0.1, 0.15) is 37.0 Å². The fourth-order valence-corrected chi connectivity index (χ4v) is 7.90. The molecule has 1 unspecified atom stereocenters. The van der Waals surface area contributed by atoms with Gasteiger partial charge in [0, 0.05) is 28.4 Å². The van der Waals surface area contributed by atoms with Crippen LogP contribution in [0.3, 0.4) is 0 Å². The Morgan fingerprint density at radius 1 is 0.397 bits per heavy atom. The molecular formula is C56H48N2. The Balaban J connectivity index is 0.00000231. The highest BCUT2D eigenvalue weighted by molar-refractivity contribution is 6.13. The van der Waals surface area contributed by atoms with Crippen molar-refractivity contribution in [2.45, 2.75) is 26.3 Å². The molecule has 0 saturated heterocycles. The first kappa shape index (κ1) is 37.7. The molecule has 0 bridgehead atoms. The summed E-state index contributed by atoms with van der Waals surface area (Å²) >= 11 is 0. The van der Waals surface area contributed by atoms with Gasteiger partial charge in [-0.15, -0.1) is 0 Å². The number of nitrogens with zero attached hydrogens (tertiary/aromatic N) is 2. The molecule has 282 valence electrons. The Labute approximate surface area is 343 Å². The number of benzene rings is 8. The van der Waals surface area contributed by atoms with E-state index in [4.69, 9.17) is 0 Å². The Kier molecular flexibility index (Phi) is 11.8. The maximum atomic E-state index is 2.43. The maximum Gasteiger partial charge on any atom is 0.0560 e. The summed E-state index contributed by atoms with van der Waals surface area (Å²) in [6.07, 6.45) is 17.0. The van der Waals surface area contributed by atoms with Crippen LogP contribution in [0.5, 0.6) is 0 Å². The minimum absolute atomic E-state index is 0.229. The van der Waals surface area contributed by atoms with Crippen molar-refractivity contribution in [3.05, 3.63) is 241 Å². The molecule has 0 N–H and O–H groups in total.